The summed E-state index contributed by atoms with van der Waals surface area (Å²) in [4.78, 5) is 30.3. The zero-order valence-electron chi connectivity index (χ0n) is 16.7. The summed E-state index contributed by atoms with van der Waals surface area (Å²) >= 11 is 1.68. The van der Waals surface area contributed by atoms with Crippen LogP contribution in [0.15, 0.2) is 39.9 Å². The van der Waals surface area contributed by atoms with E-state index in [0.717, 1.165) is 41.6 Å². The summed E-state index contributed by atoms with van der Waals surface area (Å²) in [5.41, 5.74) is 1.89. The first kappa shape index (κ1) is 19.2. The van der Waals surface area contributed by atoms with E-state index >= 15 is 0 Å². The molecule has 4 rings (SSSR count). The number of thiophene rings is 1. The van der Waals surface area contributed by atoms with E-state index in [1.54, 1.807) is 11.3 Å². The summed E-state index contributed by atoms with van der Waals surface area (Å²) < 4.78 is 3.30. The molecule has 28 heavy (non-hydrogen) atoms. The number of likely N-dealkylation sites (N-methyl/N-ethyl adjacent to an activating group) is 1. The van der Waals surface area contributed by atoms with Crippen molar-refractivity contribution in [1.82, 2.24) is 9.13 Å². The number of aryl methyl sites for hydroxylation is 2. The molecular weight excluding hydrogens is 370 g/mol. The number of quaternary nitrogens is 1. The molecule has 1 N–H and O–H groups in total. The number of hydrogen-bond acceptors (Lipinski definition) is 3. The van der Waals surface area contributed by atoms with Crippen LogP contribution < -0.4 is 16.1 Å². The average molecular weight is 399 g/mol. The van der Waals surface area contributed by atoms with Crippen molar-refractivity contribution in [3.8, 4) is 0 Å². The molecule has 2 heterocycles. The Morgan fingerprint density at radius 1 is 1.00 bits per heavy atom. The first-order valence-corrected chi connectivity index (χ1v) is 11.0. The fraction of sp³-hybridized carbons (Fsp3) is 0.455. The fourth-order valence-corrected chi connectivity index (χ4v) is 5.43. The summed E-state index contributed by atoms with van der Waals surface area (Å²) in [6.45, 7) is 1.81. The van der Waals surface area contributed by atoms with Crippen molar-refractivity contribution < 1.29 is 4.90 Å². The largest absolute Gasteiger partial charge is 0.338 e. The van der Waals surface area contributed by atoms with Gasteiger partial charge in [0.25, 0.3) is 5.56 Å². The maximum absolute atomic E-state index is 13.4. The van der Waals surface area contributed by atoms with Crippen molar-refractivity contribution in [1.29, 1.82) is 0 Å². The number of benzene rings is 1. The van der Waals surface area contributed by atoms with Crippen molar-refractivity contribution >= 4 is 21.6 Å². The van der Waals surface area contributed by atoms with Gasteiger partial charge in [-0.15, -0.1) is 11.3 Å². The Hall–Kier alpha value is -2.18. The van der Waals surface area contributed by atoms with Crippen LogP contribution in [0.3, 0.4) is 0 Å². The maximum Gasteiger partial charge on any atom is 0.332 e. The summed E-state index contributed by atoms with van der Waals surface area (Å²) in [5.74, 6) is 0. The van der Waals surface area contributed by atoms with E-state index in [4.69, 9.17) is 0 Å². The molecule has 6 heteroatoms. The van der Waals surface area contributed by atoms with Crippen LogP contribution >= 0.6 is 11.3 Å². The predicted octanol–water partition coefficient (Wildman–Crippen LogP) is 1.69. The quantitative estimate of drug-likeness (QED) is 0.665. The van der Waals surface area contributed by atoms with Crippen LogP contribution in [-0.2, 0) is 25.9 Å². The van der Waals surface area contributed by atoms with E-state index in [-0.39, 0.29) is 11.2 Å². The lowest BCUT2D eigenvalue weighted by Gasteiger charge is -2.14. The zero-order chi connectivity index (χ0) is 19.7. The molecule has 0 bridgehead atoms. The molecule has 0 unspecified atom stereocenters. The molecule has 5 nitrogen and oxygen atoms in total. The molecule has 1 aliphatic carbocycles. The summed E-state index contributed by atoms with van der Waals surface area (Å²) in [7, 11) is 4.18. The molecule has 0 amide bonds. The molecule has 1 aromatic carbocycles. The van der Waals surface area contributed by atoms with E-state index in [0.29, 0.717) is 13.1 Å². The van der Waals surface area contributed by atoms with Crippen molar-refractivity contribution in [3.63, 3.8) is 0 Å². The monoisotopic (exact) mass is 398 g/mol. The molecule has 2 aromatic heterocycles. The maximum atomic E-state index is 13.4. The number of fused-ring (bicyclic) bond motifs is 3. The second-order valence-electron chi connectivity index (χ2n) is 8.01. The molecule has 148 valence electrons. The topological polar surface area (TPSA) is 48.4 Å². The average Bonchev–Trinajstić information content (AvgIpc) is 2.88. The Bertz CT molecular complexity index is 1090. The van der Waals surface area contributed by atoms with Crippen LogP contribution in [-0.4, -0.2) is 29.8 Å². The Labute approximate surface area is 168 Å². The van der Waals surface area contributed by atoms with Gasteiger partial charge in [-0.3, -0.25) is 13.9 Å². The molecule has 0 atom stereocenters. The molecule has 3 aromatic rings. The van der Waals surface area contributed by atoms with Gasteiger partial charge < -0.3 is 4.90 Å². The summed E-state index contributed by atoms with van der Waals surface area (Å²) in [6.07, 6.45) is 5.49. The van der Waals surface area contributed by atoms with Crippen LogP contribution in [0.2, 0.25) is 0 Å². The van der Waals surface area contributed by atoms with Crippen LogP contribution in [0.1, 0.15) is 35.3 Å². The predicted molar refractivity (Wildman–Crippen MR) is 115 cm³/mol. The van der Waals surface area contributed by atoms with Crippen LogP contribution in [0, 0.1) is 0 Å². The smallest absolute Gasteiger partial charge is 0.332 e. The number of nitrogens with zero attached hydrogens (tertiary/aromatic N) is 2. The van der Waals surface area contributed by atoms with Gasteiger partial charge in [-0.05, 0) is 36.8 Å². The third-order valence-electron chi connectivity index (χ3n) is 5.59. The van der Waals surface area contributed by atoms with Crippen LogP contribution in [0.5, 0.6) is 0 Å². The molecule has 0 aliphatic heterocycles. The number of nitrogens with one attached hydrogen (secondary N) is 1. The first-order valence-electron chi connectivity index (χ1n) is 10.2. The molecule has 0 radical (unpaired) electrons. The highest BCUT2D eigenvalue weighted by Gasteiger charge is 2.23. The summed E-state index contributed by atoms with van der Waals surface area (Å²) in [6, 6.07) is 9.79. The van der Waals surface area contributed by atoms with Gasteiger partial charge in [-0.25, -0.2) is 4.79 Å². The van der Waals surface area contributed by atoms with Gasteiger partial charge >= 0.3 is 5.69 Å². The standard InChI is InChI=1S/C22H27N3O2S/c1-23(2)13-14-24-21-19(17-11-7-4-8-12-18(17)28-21)20(26)25(22(24)27)15-16-9-5-3-6-10-16/h3,5-6,9-10H,4,7-8,11-15H2,1-2H3/p+1. The Morgan fingerprint density at radius 3 is 2.50 bits per heavy atom. The van der Waals surface area contributed by atoms with Crippen LogP contribution in [0.4, 0.5) is 0 Å². The van der Waals surface area contributed by atoms with Crippen LogP contribution in [0.25, 0.3) is 10.2 Å². The lowest BCUT2D eigenvalue weighted by atomic mass is 10.1. The third kappa shape index (κ3) is 3.59. The van der Waals surface area contributed by atoms with Gasteiger partial charge in [0.2, 0.25) is 0 Å². The SMILES string of the molecule is C[NH+](C)CCn1c(=O)n(Cc2ccccc2)c(=O)c2c3c(sc21)CCCCC3. The van der Waals surface area contributed by atoms with E-state index in [9.17, 15) is 9.59 Å². The van der Waals surface area contributed by atoms with Crippen molar-refractivity contribution in [2.45, 2.75) is 45.2 Å². The molecular formula is C22H28N3O2S+. The first-order chi connectivity index (χ1) is 13.6. The van der Waals surface area contributed by atoms with E-state index in [1.165, 1.54) is 32.7 Å². The molecule has 1 aliphatic rings. The van der Waals surface area contributed by atoms with Gasteiger partial charge in [-0.1, -0.05) is 36.8 Å². The van der Waals surface area contributed by atoms with Crippen molar-refractivity contribution in [2.24, 2.45) is 0 Å². The Balaban J connectivity index is 1.94. The number of hydrogen-bond donors (Lipinski definition) is 1. The van der Waals surface area contributed by atoms with E-state index < -0.39 is 0 Å². The fourth-order valence-electron chi connectivity index (χ4n) is 4.03. The highest BCUT2D eigenvalue weighted by molar-refractivity contribution is 7.18. The normalized spacial score (nSPS) is 14.4. The van der Waals surface area contributed by atoms with Crippen molar-refractivity contribution in [2.75, 3.05) is 20.6 Å². The van der Waals surface area contributed by atoms with Gasteiger partial charge in [0.05, 0.1) is 39.1 Å². The molecule has 0 saturated heterocycles. The zero-order valence-corrected chi connectivity index (χ0v) is 17.5. The minimum atomic E-state index is -0.181. The summed E-state index contributed by atoms with van der Waals surface area (Å²) in [5, 5.41) is 0.797. The van der Waals surface area contributed by atoms with Gasteiger partial charge in [0, 0.05) is 4.88 Å². The molecule has 0 fully saturated rings. The van der Waals surface area contributed by atoms with Gasteiger partial charge in [0.15, 0.2) is 0 Å². The minimum absolute atomic E-state index is 0.114. The molecule has 0 spiro atoms. The second-order valence-corrected chi connectivity index (χ2v) is 9.10. The Morgan fingerprint density at radius 2 is 1.75 bits per heavy atom. The number of rotatable bonds is 5. The minimum Gasteiger partial charge on any atom is -0.338 e. The number of aromatic nitrogens is 2. The lowest BCUT2D eigenvalue weighted by molar-refractivity contribution is -0.858. The van der Waals surface area contributed by atoms with E-state index in [1.807, 2.05) is 34.9 Å². The Kier molecular flexibility index (Phi) is 5.51. The lowest BCUT2D eigenvalue weighted by Crippen LogP contribution is -3.06. The highest BCUT2D eigenvalue weighted by Crippen LogP contribution is 2.33. The van der Waals surface area contributed by atoms with Gasteiger partial charge in [0.1, 0.15) is 4.83 Å². The third-order valence-corrected chi connectivity index (χ3v) is 6.90. The van der Waals surface area contributed by atoms with Crippen molar-refractivity contribution in [3.05, 3.63) is 67.2 Å². The van der Waals surface area contributed by atoms with E-state index in [2.05, 4.69) is 14.1 Å². The van der Waals surface area contributed by atoms with Gasteiger partial charge in [-0.2, -0.15) is 0 Å². The highest BCUT2D eigenvalue weighted by atomic mass is 32.1. The molecule has 0 saturated carbocycles. The second kappa shape index (κ2) is 8.05.